The molecular weight excluding hydrogens is 511 g/mol. The number of hydrogen-bond acceptors (Lipinski definition) is 5. The molecule has 9 heteroatoms. The zero-order valence-corrected chi connectivity index (χ0v) is 21.8. The van der Waals surface area contributed by atoms with Crippen molar-refractivity contribution in [2.24, 2.45) is 29.1 Å². The van der Waals surface area contributed by atoms with Crippen LogP contribution in [0.15, 0.2) is 48.0 Å². The van der Waals surface area contributed by atoms with Crippen LogP contribution >= 0.6 is 11.6 Å². The van der Waals surface area contributed by atoms with Crippen molar-refractivity contribution in [3.05, 3.63) is 70.0 Å². The highest BCUT2D eigenvalue weighted by Gasteiger charge is 2.67. The summed E-state index contributed by atoms with van der Waals surface area (Å²) in [6.45, 7) is 3.53. The van der Waals surface area contributed by atoms with Crippen molar-refractivity contribution in [2.75, 3.05) is 11.9 Å². The van der Waals surface area contributed by atoms with E-state index in [4.69, 9.17) is 11.6 Å². The number of halogens is 2. The van der Waals surface area contributed by atoms with E-state index in [0.29, 0.717) is 12.0 Å². The first-order valence-corrected chi connectivity index (χ1v) is 13.0. The van der Waals surface area contributed by atoms with Crippen molar-refractivity contribution >= 4 is 40.9 Å². The predicted molar refractivity (Wildman–Crippen MR) is 137 cm³/mol. The molecule has 0 radical (unpaired) electrons. The van der Waals surface area contributed by atoms with Gasteiger partial charge in [-0.1, -0.05) is 35.4 Å². The van der Waals surface area contributed by atoms with E-state index < -0.39 is 52.6 Å². The number of likely N-dealkylation sites (tertiary alicyclic amines) is 1. The molecule has 3 fully saturated rings. The number of phenols is 1. The summed E-state index contributed by atoms with van der Waals surface area (Å²) >= 11 is 6.00. The molecule has 0 bridgehead atoms. The Morgan fingerprint density at radius 1 is 1.03 bits per heavy atom. The molecule has 2 heterocycles. The third kappa shape index (κ3) is 3.13. The Hall–Kier alpha value is -3.52. The maximum absolute atomic E-state index is 14.2. The van der Waals surface area contributed by atoms with E-state index >= 15 is 0 Å². The largest absolute Gasteiger partial charge is 0.508 e. The molecule has 6 atom stereocenters. The van der Waals surface area contributed by atoms with Gasteiger partial charge in [-0.15, -0.1) is 0 Å². The van der Waals surface area contributed by atoms with Crippen LogP contribution in [0.1, 0.15) is 36.8 Å². The van der Waals surface area contributed by atoms with Crippen molar-refractivity contribution in [3.63, 3.8) is 0 Å². The van der Waals surface area contributed by atoms with Crippen molar-refractivity contribution in [3.8, 4) is 5.75 Å². The first kappa shape index (κ1) is 24.8. The standard InChI is InChI=1S/C29H26ClFN2O5/c1-13-10-14(4-9-22(13)34)24-16-6-7-17-23(27(37)32(3)25(17)35)18(16)12-19-26(36)33(28(38)29(19,24)2)15-5-8-21(31)20(30)11-15/h4-6,8-11,17-19,23-24,34H,7,12H2,1-3H3/t17-,18+,19-,23-,24-,29+/m0/s1. The minimum absolute atomic E-state index is 0.107. The molecular formula is C29H26ClFN2O5. The zero-order valence-electron chi connectivity index (χ0n) is 21.1. The maximum atomic E-state index is 14.2. The molecule has 4 amide bonds. The Balaban J connectivity index is 1.54. The fourth-order valence-electron chi connectivity index (χ4n) is 7.28. The van der Waals surface area contributed by atoms with E-state index in [2.05, 4.69) is 0 Å². The number of imide groups is 2. The number of fused-ring (bicyclic) bond motifs is 4. The van der Waals surface area contributed by atoms with Crippen LogP contribution in [0.2, 0.25) is 5.02 Å². The molecule has 7 nitrogen and oxygen atoms in total. The molecule has 2 saturated heterocycles. The molecule has 2 aromatic carbocycles. The van der Waals surface area contributed by atoms with Crippen LogP contribution in [0.25, 0.3) is 0 Å². The van der Waals surface area contributed by atoms with Crippen LogP contribution in [0, 0.1) is 41.8 Å². The number of phenolic OH excluding ortho intramolecular Hbond substituents is 1. The van der Waals surface area contributed by atoms with Gasteiger partial charge in [0.1, 0.15) is 11.6 Å². The Morgan fingerprint density at radius 2 is 1.76 bits per heavy atom. The quantitative estimate of drug-likeness (QED) is 0.455. The number of amides is 4. The minimum Gasteiger partial charge on any atom is -0.508 e. The van der Waals surface area contributed by atoms with Crippen molar-refractivity contribution in [2.45, 2.75) is 32.6 Å². The third-order valence-corrected chi connectivity index (χ3v) is 9.50. The van der Waals surface area contributed by atoms with Gasteiger partial charge in [-0.05, 0) is 68.0 Å². The summed E-state index contributed by atoms with van der Waals surface area (Å²) in [4.78, 5) is 56.6. The molecule has 2 aromatic rings. The number of allylic oxidation sites excluding steroid dienone is 2. The van der Waals surface area contributed by atoms with Gasteiger partial charge in [-0.3, -0.25) is 24.1 Å². The first-order valence-electron chi connectivity index (χ1n) is 12.6. The highest BCUT2D eigenvalue weighted by molar-refractivity contribution is 6.31. The molecule has 6 rings (SSSR count). The summed E-state index contributed by atoms with van der Waals surface area (Å²) in [6, 6.07) is 8.86. The second-order valence-corrected chi connectivity index (χ2v) is 11.4. The number of benzene rings is 2. The van der Waals surface area contributed by atoms with Gasteiger partial charge in [0.2, 0.25) is 23.6 Å². The summed E-state index contributed by atoms with van der Waals surface area (Å²) in [7, 11) is 1.49. The number of rotatable bonds is 2. The molecule has 0 aromatic heterocycles. The van der Waals surface area contributed by atoms with Gasteiger partial charge in [0.25, 0.3) is 0 Å². The van der Waals surface area contributed by atoms with Crippen LogP contribution < -0.4 is 4.90 Å². The minimum atomic E-state index is -1.21. The average molecular weight is 537 g/mol. The molecule has 0 unspecified atom stereocenters. The van der Waals surface area contributed by atoms with Crippen LogP contribution in [0.3, 0.4) is 0 Å². The Kier molecular flexibility index (Phi) is 5.38. The molecule has 1 N–H and O–H groups in total. The third-order valence-electron chi connectivity index (χ3n) is 9.21. The lowest BCUT2D eigenvalue weighted by atomic mass is 9.51. The van der Waals surface area contributed by atoms with Crippen molar-refractivity contribution < 1.29 is 28.7 Å². The summed E-state index contributed by atoms with van der Waals surface area (Å²) in [5.41, 5.74) is 1.20. The molecule has 196 valence electrons. The van der Waals surface area contributed by atoms with E-state index in [0.717, 1.165) is 22.1 Å². The average Bonchev–Trinajstić information content (AvgIpc) is 3.22. The summed E-state index contributed by atoms with van der Waals surface area (Å²) in [5.74, 6) is -4.77. The molecule has 4 aliphatic rings. The zero-order chi connectivity index (χ0) is 27.3. The molecule has 2 aliphatic heterocycles. The Labute approximate surface area is 223 Å². The molecule has 38 heavy (non-hydrogen) atoms. The van der Waals surface area contributed by atoms with Crippen LogP contribution in [-0.2, 0) is 19.2 Å². The van der Waals surface area contributed by atoms with E-state index in [9.17, 15) is 28.7 Å². The number of aryl methyl sites for hydroxylation is 1. The van der Waals surface area contributed by atoms with Gasteiger partial charge in [0.15, 0.2) is 0 Å². The van der Waals surface area contributed by atoms with Crippen molar-refractivity contribution in [1.82, 2.24) is 4.90 Å². The normalized spacial score (nSPS) is 32.3. The Morgan fingerprint density at radius 3 is 2.45 bits per heavy atom. The fraction of sp³-hybridized carbons (Fsp3) is 0.379. The van der Waals surface area contributed by atoms with E-state index in [1.807, 2.05) is 6.08 Å². The van der Waals surface area contributed by atoms with Gasteiger partial charge in [-0.2, -0.15) is 0 Å². The number of hydrogen-bond donors (Lipinski definition) is 1. The van der Waals surface area contributed by atoms with Crippen LogP contribution in [0.4, 0.5) is 10.1 Å². The predicted octanol–water partition coefficient (Wildman–Crippen LogP) is 4.35. The SMILES string of the molecule is Cc1cc([C@H]2C3=CC[C@@H]4C(=O)N(C)C(=O)[C@@H]4[C@@H]3C[C@H]3C(=O)N(c4ccc(F)c(Cl)c4)C(=O)[C@@]23C)ccc1O. The van der Waals surface area contributed by atoms with Gasteiger partial charge in [-0.25, -0.2) is 9.29 Å². The van der Waals surface area contributed by atoms with E-state index in [1.165, 1.54) is 24.1 Å². The molecule has 0 spiro atoms. The fourth-order valence-corrected chi connectivity index (χ4v) is 7.46. The second kappa shape index (κ2) is 8.24. The number of carbonyl (C=O) groups excluding carboxylic acids is 4. The molecule has 2 aliphatic carbocycles. The van der Waals surface area contributed by atoms with Gasteiger partial charge < -0.3 is 5.11 Å². The highest BCUT2D eigenvalue weighted by Crippen LogP contribution is 2.63. The topological polar surface area (TPSA) is 95.0 Å². The van der Waals surface area contributed by atoms with Crippen LogP contribution in [-0.4, -0.2) is 40.7 Å². The number of anilines is 1. The molecule has 1 saturated carbocycles. The van der Waals surface area contributed by atoms with Crippen molar-refractivity contribution in [1.29, 1.82) is 0 Å². The number of aromatic hydroxyl groups is 1. The van der Waals surface area contributed by atoms with Gasteiger partial charge in [0, 0.05) is 13.0 Å². The Bertz CT molecular complexity index is 1490. The smallest absolute Gasteiger partial charge is 0.241 e. The number of nitrogens with zero attached hydrogens (tertiary/aromatic N) is 2. The van der Waals surface area contributed by atoms with Crippen LogP contribution in [0.5, 0.6) is 5.75 Å². The highest BCUT2D eigenvalue weighted by atomic mass is 35.5. The lowest BCUT2D eigenvalue weighted by molar-refractivity contribution is -0.138. The first-order chi connectivity index (χ1) is 18.0. The maximum Gasteiger partial charge on any atom is 0.241 e. The summed E-state index contributed by atoms with van der Waals surface area (Å²) in [6.07, 6.45) is 2.58. The van der Waals surface area contributed by atoms with E-state index in [-0.39, 0.29) is 34.7 Å². The van der Waals surface area contributed by atoms with E-state index in [1.54, 1.807) is 32.0 Å². The summed E-state index contributed by atoms with van der Waals surface area (Å²) in [5, 5.41) is 10.00. The number of carbonyl (C=O) groups is 4. The second-order valence-electron chi connectivity index (χ2n) is 11.0. The lowest BCUT2D eigenvalue weighted by Gasteiger charge is -2.49. The van der Waals surface area contributed by atoms with Gasteiger partial charge >= 0.3 is 0 Å². The van der Waals surface area contributed by atoms with Gasteiger partial charge in [0.05, 0.1) is 33.9 Å². The summed E-state index contributed by atoms with van der Waals surface area (Å²) < 4.78 is 13.9. The lowest BCUT2D eigenvalue weighted by Crippen LogP contribution is -2.48. The monoisotopic (exact) mass is 536 g/mol.